The smallest absolute Gasteiger partial charge is 0.434 e. The number of rotatable bonds is 2. The minimum Gasteiger partial charge on any atom is -0.443 e. The van der Waals surface area contributed by atoms with Crippen LogP contribution in [0.3, 0.4) is 0 Å². The molecule has 0 saturated heterocycles. The highest BCUT2D eigenvalue weighted by Gasteiger charge is 2.56. The molecular weight excluding hydrogens is 223 g/mol. The average molecular weight is 233 g/mol. The van der Waals surface area contributed by atoms with Crippen molar-refractivity contribution < 1.29 is 22.7 Å². The molecule has 88 valence electrons. The van der Waals surface area contributed by atoms with Crippen LogP contribution in [0.25, 0.3) is 0 Å². The number of halogens is 3. The molecule has 1 aromatic rings. The molecule has 0 aromatic carbocycles. The van der Waals surface area contributed by atoms with Gasteiger partial charge in [0.05, 0.1) is 5.69 Å². The van der Waals surface area contributed by atoms with Gasteiger partial charge in [-0.15, -0.1) is 0 Å². The molecule has 0 aliphatic carbocycles. The number of esters is 1. The zero-order valence-corrected chi connectivity index (χ0v) is 8.71. The second-order valence-corrected chi connectivity index (χ2v) is 3.34. The summed E-state index contributed by atoms with van der Waals surface area (Å²) in [5, 5.41) is 0. The zero-order chi connectivity index (χ0) is 12.4. The van der Waals surface area contributed by atoms with E-state index in [-0.39, 0.29) is 5.69 Å². The number of ether oxygens (including phenoxy) is 1. The van der Waals surface area contributed by atoms with Gasteiger partial charge >= 0.3 is 12.1 Å². The standard InChI is InChI=1S/C10H10F3NO2/c1-7(15)16-9(2,10(11,12)13)8-5-3-4-6-14-8/h3-6H,1-2H3. The van der Waals surface area contributed by atoms with Crippen LogP contribution in [0.1, 0.15) is 19.5 Å². The van der Waals surface area contributed by atoms with E-state index < -0.39 is 17.7 Å². The Morgan fingerprint density at radius 3 is 2.38 bits per heavy atom. The van der Waals surface area contributed by atoms with Gasteiger partial charge in [-0.25, -0.2) is 0 Å². The summed E-state index contributed by atoms with van der Waals surface area (Å²) in [6.07, 6.45) is -3.50. The maximum absolute atomic E-state index is 12.8. The number of pyridine rings is 1. The van der Waals surface area contributed by atoms with Gasteiger partial charge in [0.1, 0.15) is 0 Å². The molecule has 0 bridgehead atoms. The molecule has 0 spiro atoms. The van der Waals surface area contributed by atoms with Crippen molar-refractivity contribution in [1.82, 2.24) is 4.98 Å². The first kappa shape index (κ1) is 12.5. The summed E-state index contributed by atoms with van der Waals surface area (Å²) in [6, 6.07) is 4.04. The number of carbonyl (C=O) groups is 1. The maximum atomic E-state index is 12.8. The van der Waals surface area contributed by atoms with Crippen LogP contribution >= 0.6 is 0 Å². The third-order valence-corrected chi connectivity index (χ3v) is 2.04. The van der Waals surface area contributed by atoms with E-state index in [0.29, 0.717) is 0 Å². The molecule has 1 heterocycles. The second kappa shape index (κ2) is 4.11. The Morgan fingerprint density at radius 2 is 2.00 bits per heavy atom. The molecular formula is C10H10F3NO2. The predicted molar refractivity (Wildman–Crippen MR) is 49.4 cm³/mol. The molecule has 0 fully saturated rings. The third kappa shape index (κ3) is 2.32. The lowest BCUT2D eigenvalue weighted by atomic mass is 10.0. The molecule has 0 amide bonds. The van der Waals surface area contributed by atoms with E-state index in [0.717, 1.165) is 19.9 Å². The lowest BCUT2D eigenvalue weighted by Gasteiger charge is -2.30. The molecule has 0 radical (unpaired) electrons. The van der Waals surface area contributed by atoms with Crippen molar-refractivity contribution in [3.05, 3.63) is 30.1 Å². The van der Waals surface area contributed by atoms with E-state index >= 15 is 0 Å². The quantitative estimate of drug-likeness (QED) is 0.736. The summed E-state index contributed by atoms with van der Waals surface area (Å²) in [5.74, 6) is -1.01. The fourth-order valence-corrected chi connectivity index (χ4v) is 1.19. The Bertz CT molecular complexity index is 377. The van der Waals surface area contributed by atoms with Crippen LogP contribution in [-0.4, -0.2) is 17.1 Å². The summed E-state index contributed by atoms with van der Waals surface area (Å²) >= 11 is 0. The van der Waals surface area contributed by atoms with E-state index in [2.05, 4.69) is 9.72 Å². The van der Waals surface area contributed by atoms with E-state index in [9.17, 15) is 18.0 Å². The topological polar surface area (TPSA) is 39.2 Å². The van der Waals surface area contributed by atoms with Gasteiger partial charge in [-0.2, -0.15) is 13.2 Å². The molecule has 0 saturated carbocycles. The molecule has 16 heavy (non-hydrogen) atoms. The summed E-state index contributed by atoms with van der Waals surface area (Å²) in [6.45, 7) is 1.70. The Kier molecular flexibility index (Phi) is 3.21. The lowest BCUT2D eigenvalue weighted by Crippen LogP contribution is -2.43. The highest BCUT2D eigenvalue weighted by molar-refractivity contribution is 5.66. The fraction of sp³-hybridized carbons (Fsp3) is 0.400. The van der Waals surface area contributed by atoms with E-state index in [1.54, 1.807) is 0 Å². The van der Waals surface area contributed by atoms with Gasteiger partial charge in [0, 0.05) is 13.1 Å². The van der Waals surface area contributed by atoms with Crippen molar-refractivity contribution in [1.29, 1.82) is 0 Å². The van der Waals surface area contributed by atoms with Gasteiger partial charge in [0.25, 0.3) is 0 Å². The highest BCUT2D eigenvalue weighted by Crippen LogP contribution is 2.40. The highest BCUT2D eigenvalue weighted by atomic mass is 19.4. The van der Waals surface area contributed by atoms with Gasteiger partial charge in [0.2, 0.25) is 5.60 Å². The summed E-state index contributed by atoms with van der Waals surface area (Å²) in [7, 11) is 0. The van der Waals surface area contributed by atoms with Crippen LogP contribution in [0.2, 0.25) is 0 Å². The first-order valence-electron chi connectivity index (χ1n) is 4.45. The Hall–Kier alpha value is -1.59. The van der Waals surface area contributed by atoms with E-state index in [1.165, 1.54) is 18.3 Å². The Balaban J connectivity index is 3.21. The van der Waals surface area contributed by atoms with Crippen molar-refractivity contribution in [3.63, 3.8) is 0 Å². The number of carbonyl (C=O) groups excluding carboxylic acids is 1. The van der Waals surface area contributed by atoms with Gasteiger partial charge in [-0.3, -0.25) is 9.78 Å². The number of alkyl halides is 3. The first-order valence-corrected chi connectivity index (χ1v) is 4.45. The van der Waals surface area contributed by atoms with Gasteiger partial charge in [-0.05, 0) is 19.1 Å². The summed E-state index contributed by atoms with van der Waals surface area (Å²) < 4.78 is 42.9. The number of hydrogen-bond donors (Lipinski definition) is 0. The molecule has 0 aliphatic heterocycles. The minimum absolute atomic E-state index is 0.349. The summed E-state index contributed by atoms with van der Waals surface area (Å²) in [5.41, 5.74) is -3.06. The van der Waals surface area contributed by atoms with Crippen molar-refractivity contribution >= 4 is 5.97 Å². The minimum atomic E-state index is -4.72. The van der Waals surface area contributed by atoms with Crippen LogP contribution < -0.4 is 0 Å². The second-order valence-electron chi connectivity index (χ2n) is 3.34. The van der Waals surface area contributed by atoms with E-state index in [1.807, 2.05) is 0 Å². The SMILES string of the molecule is CC(=O)OC(C)(c1ccccn1)C(F)(F)F. The third-order valence-electron chi connectivity index (χ3n) is 2.04. The van der Waals surface area contributed by atoms with Crippen molar-refractivity contribution in [2.24, 2.45) is 0 Å². The number of nitrogens with zero attached hydrogens (tertiary/aromatic N) is 1. The van der Waals surface area contributed by atoms with Gasteiger partial charge in [-0.1, -0.05) is 6.07 Å². The van der Waals surface area contributed by atoms with Crippen LogP contribution in [0.4, 0.5) is 13.2 Å². The molecule has 1 rings (SSSR count). The van der Waals surface area contributed by atoms with Gasteiger partial charge < -0.3 is 4.74 Å². The number of aromatic nitrogens is 1. The van der Waals surface area contributed by atoms with Crippen LogP contribution in [0.5, 0.6) is 0 Å². The van der Waals surface area contributed by atoms with Crippen molar-refractivity contribution in [2.75, 3.05) is 0 Å². The molecule has 1 unspecified atom stereocenters. The van der Waals surface area contributed by atoms with Crippen LogP contribution in [-0.2, 0) is 15.1 Å². The van der Waals surface area contributed by atoms with Gasteiger partial charge in [0.15, 0.2) is 0 Å². The predicted octanol–water partition coefficient (Wildman–Crippen LogP) is 2.42. The monoisotopic (exact) mass is 233 g/mol. The molecule has 0 N–H and O–H groups in total. The molecule has 1 aromatic heterocycles. The van der Waals surface area contributed by atoms with E-state index in [4.69, 9.17) is 0 Å². The van der Waals surface area contributed by atoms with Crippen molar-refractivity contribution in [3.8, 4) is 0 Å². The Morgan fingerprint density at radius 1 is 1.38 bits per heavy atom. The Labute approximate surface area is 90.2 Å². The normalized spacial score (nSPS) is 15.3. The first-order chi connectivity index (χ1) is 7.27. The fourth-order valence-electron chi connectivity index (χ4n) is 1.19. The summed E-state index contributed by atoms with van der Waals surface area (Å²) in [4.78, 5) is 14.3. The lowest BCUT2D eigenvalue weighted by molar-refractivity contribution is -0.270. The molecule has 6 heteroatoms. The molecule has 0 aliphatic rings. The zero-order valence-electron chi connectivity index (χ0n) is 8.71. The molecule has 3 nitrogen and oxygen atoms in total. The van der Waals surface area contributed by atoms with Crippen LogP contribution in [0, 0.1) is 0 Å². The van der Waals surface area contributed by atoms with Crippen LogP contribution in [0.15, 0.2) is 24.4 Å². The number of hydrogen-bond acceptors (Lipinski definition) is 3. The largest absolute Gasteiger partial charge is 0.443 e. The maximum Gasteiger partial charge on any atom is 0.434 e. The molecule has 1 atom stereocenters. The average Bonchev–Trinajstić information content (AvgIpc) is 2.16. The van der Waals surface area contributed by atoms with Crippen molar-refractivity contribution in [2.45, 2.75) is 25.6 Å².